The molecule has 4 rings (SSSR count). The molecule has 2 aromatic carbocycles. The molecule has 1 saturated heterocycles. The lowest BCUT2D eigenvalue weighted by Crippen LogP contribution is -2.41. The van der Waals surface area contributed by atoms with E-state index in [1.807, 2.05) is 37.3 Å². The lowest BCUT2D eigenvalue weighted by Gasteiger charge is -2.29. The SMILES string of the molecule is CCOc1cccc(C(=O)NNC(=O)c2csc(C3CCN(C(=O)C#Cc4ccccc4)CC3)n2)c1. The molecule has 1 fully saturated rings. The number of likely N-dealkylation sites (tertiary alicyclic amines) is 1. The summed E-state index contributed by atoms with van der Waals surface area (Å²) >= 11 is 1.41. The first-order chi connectivity index (χ1) is 17.5. The largest absolute Gasteiger partial charge is 0.494 e. The number of benzene rings is 2. The normalized spacial score (nSPS) is 13.3. The minimum atomic E-state index is -0.490. The number of hydrogen-bond acceptors (Lipinski definition) is 6. The number of carbonyl (C=O) groups is 3. The fourth-order valence-electron chi connectivity index (χ4n) is 3.78. The minimum Gasteiger partial charge on any atom is -0.494 e. The predicted octanol–water partition coefficient (Wildman–Crippen LogP) is 3.37. The summed E-state index contributed by atoms with van der Waals surface area (Å²) in [6.45, 7) is 3.53. The lowest BCUT2D eigenvalue weighted by molar-refractivity contribution is -0.126. The van der Waals surface area contributed by atoms with Crippen LogP contribution in [0.3, 0.4) is 0 Å². The molecule has 184 valence electrons. The molecule has 36 heavy (non-hydrogen) atoms. The van der Waals surface area contributed by atoms with E-state index in [-0.39, 0.29) is 17.5 Å². The molecule has 0 saturated carbocycles. The molecule has 0 unspecified atom stereocenters. The van der Waals surface area contributed by atoms with Crippen LogP contribution in [0, 0.1) is 11.8 Å². The summed E-state index contributed by atoms with van der Waals surface area (Å²) in [6, 6.07) is 16.1. The van der Waals surface area contributed by atoms with E-state index < -0.39 is 11.8 Å². The molecule has 8 nitrogen and oxygen atoms in total. The van der Waals surface area contributed by atoms with Gasteiger partial charge >= 0.3 is 0 Å². The zero-order valence-electron chi connectivity index (χ0n) is 19.8. The molecule has 3 amide bonds. The van der Waals surface area contributed by atoms with Crippen molar-refractivity contribution in [2.45, 2.75) is 25.7 Å². The van der Waals surface area contributed by atoms with Gasteiger partial charge in [-0.25, -0.2) is 4.98 Å². The molecule has 0 atom stereocenters. The molecular formula is C27H26N4O4S. The molecule has 0 radical (unpaired) electrons. The van der Waals surface area contributed by atoms with Crippen molar-refractivity contribution in [3.05, 3.63) is 81.8 Å². The molecule has 0 bridgehead atoms. The molecule has 1 aliphatic rings. The van der Waals surface area contributed by atoms with Crippen molar-refractivity contribution < 1.29 is 19.1 Å². The Hall–Kier alpha value is -4.16. The smallest absolute Gasteiger partial charge is 0.298 e. The van der Waals surface area contributed by atoms with Crippen LogP contribution in [0.1, 0.15) is 57.1 Å². The van der Waals surface area contributed by atoms with E-state index in [0.717, 1.165) is 23.4 Å². The van der Waals surface area contributed by atoms with Gasteiger partial charge in [-0.05, 0) is 50.1 Å². The molecular weight excluding hydrogens is 476 g/mol. The van der Waals surface area contributed by atoms with Crippen molar-refractivity contribution >= 4 is 29.1 Å². The van der Waals surface area contributed by atoms with Gasteiger partial charge in [0.1, 0.15) is 11.4 Å². The maximum Gasteiger partial charge on any atom is 0.298 e. The molecule has 2 heterocycles. The van der Waals surface area contributed by atoms with Gasteiger partial charge in [0.2, 0.25) is 0 Å². The van der Waals surface area contributed by atoms with Crippen molar-refractivity contribution in [3.8, 4) is 17.6 Å². The Morgan fingerprint density at radius 3 is 2.56 bits per heavy atom. The summed E-state index contributed by atoms with van der Waals surface area (Å²) in [5.41, 5.74) is 6.24. The highest BCUT2D eigenvalue weighted by Crippen LogP contribution is 2.30. The fraction of sp³-hybridized carbons (Fsp3) is 0.259. The zero-order chi connectivity index (χ0) is 25.3. The van der Waals surface area contributed by atoms with E-state index >= 15 is 0 Å². The number of ether oxygens (including phenoxy) is 1. The minimum absolute atomic E-state index is 0.165. The van der Waals surface area contributed by atoms with Crippen LogP contribution in [-0.2, 0) is 4.79 Å². The first-order valence-electron chi connectivity index (χ1n) is 11.7. The third-order valence-electron chi connectivity index (χ3n) is 5.67. The van der Waals surface area contributed by atoms with E-state index in [2.05, 4.69) is 27.7 Å². The van der Waals surface area contributed by atoms with Crippen LogP contribution in [0.5, 0.6) is 5.75 Å². The van der Waals surface area contributed by atoms with Crippen LogP contribution in [0.25, 0.3) is 0 Å². The van der Waals surface area contributed by atoms with Gasteiger partial charge in [-0.3, -0.25) is 25.2 Å². The van der Waals surface area contributed by atoms with E-state index in [9.17, 15) is 14.4 Å². The summed E-state index contributed by atoms with van der Waals surface area (Å²) in [5.74, 6) is 5.25. The Labute approximate surface area is 213 Å². The van der Waals surface area contributed by atoms with Gasteiger partial charge in [0.25, 0.3) is 17.7 Å². The van der Waals surface area contributed by atoms with Gasteiger partial charge in [0.15, 0.2) is 0 Å². The van der Waals surface area contributed by atoms with Crippen LogP contribution in [0.2, 0.25) is 0 Å². The third kappa shape index (κ3) is 6.49. The quantitative estimate of drug-likeness (QED) is 0.412. The van der Waals surface area contributed by atoms with Crippen molar-refractivity contribution in [3.63, 3.8) is 0 Å². The fourth-order valence-corrected chi connectivity index (χ4v) is 4.75. The Morgan fingerprint density at radius 2 is 1.81 bits per heavy atom. The van der Waals surface area contributed by atoms with Crippen molar-refractivity contribution in [1.82, 2.24) is 20.7 Å². The summed E-state index contributed by atoms with van der Waals surface area (Å²) in [7, 11) is 0. The van der Waals surface area contributed by atoms with Crippen LogP contribution >= 0.6 is 11.3 Å². The van der Waals surface area contributed by atoms with Gasteiger partial charge in [-0.2, -0.15) is 0 Å². The first kappa shape index (κ1) is 24.9. The Bertz CT molecular complexity index is 1290. The highest BCUT2D eigenvalue weighted by atomic mass is 32.1. The zero-order valence-corrected chi connectivity index (χ0v) is 20.6. The maximum absolute atomic E-state index is 12.5. The van der Waals surface area contributed by atoms with Gasteiger partial charge in [-0.15, -0.1) is 11.3 Å². The van der Waals surface area contributed by atoms with Crippen LogP contribution in [-0.4, -0.2) is 47.3 Å². The van der Waals surface area contributed by atoms with Gasteiger partial charge in [-0.1, -0.05) is 30.2 Å². The van der Waals surface area contributed by atoms with Gasteiger partial charge in [0, 0.05) is 41.4 Å². The molecule has 1 aromatic heterocycles. The average molecular weight is 503 g/mol. The van der Waals surface area contributed by atoms with E-state index in [1.54, 1.807) is 34.5 Å². The van der Waals surface area contributed by atoms with Crippen LogP contribution in [0.15, 0.2) is 60.0 Å². The Morgan fingerprint density at radius 1 is 1.06 bits per heavy atom. The number of nitrogens with zero attached hydrogens (tertiary/aromatic N) is 2. The molecule has 0 aliphatic carbocycles. The summed E-state index contributed by atoms with van der Waals surface area (Å²) in [6.07, 6.45) is 1.50. The summed E-state index contributed by atoms with van der Waals surface area (Å²) < 4.78 is 5.40. The number of nitrogens with one attached hydrogen (secondary N) is 2. The Balaban J connectivity index is 1.26. The standard InChI is InChI=1S/C27H26N4O4S/c1-2-35-22-10-6-9-21(17-22)25(33)29-30-26(34)23-18-36-27(28-23)20-13-15-31(16-14-20)24(32)12-11-19-7-4-3-5-8-19/h3-10,17-18,20H,2,13-16H2,1H3,(H,29,33)(H,30,34). The van der Waals surface area contributed by atoms with E-state index in [0.29, 0.717) is 31.0 Å². The summed E-state index contributed by atoms with van der Waals surface area (Å²) in [4.78, 5) is 43.5. The second-order valence-corrected chi connectivity index (χ2v) is 9.01. The monoisotopic (exact) mass is 502 g/mol. The predicted molar refractivity (Wildman–Crippen MR) is 137 cm³/mol. The molecule has 3 aromatic rings. The molecule has 2 N–H and O–H groups in total. The first-order valence-corrected chi connectivity index (χ1v) is 12.6. The van der Waals surface area contributed by atoms with E-state index in [4.69, 9.17) is 4.74 Å². The Kier molecular flexibility index (Phi) is 8.32. The molecule has 1 aliphatic heterocycles. The second kappa shape index (κ2) is 12.0. The molecule has 9 heteroatoms. The van der Waals surface area contributed by atoms with Crippen LogP contribution < -0.4 is 15.6 Å². The van der Waals surface area contributed by atoms with Crippen LogP contribution in [0.4, 0.5) is 0 Å². The molecule has 0 spiro atoms. The number of hydrazine groups is 1. The number of amides is 3. The number of thiazole rings is 1. The highest BCUT2D eigenvalue weighted by molar-refractivity contribution is 7.09. The number of rotatable bonds is 5. The van der Waals surface area contributed by atoms with Crippen molar-refractivity contribution in [1.29, 1.82) is 0 Å². The maximum atomic E-state index is 12.5. The second-order valence-electron chi connectivity index (χ2n) is 8.12. The topological polar surface area (TPSA) is 101 Å². The van der Waals surface area contributed by atoms with E-state index in [1.165, 1.54) is 11.3 Å². The number of hydrogen-bond donors (Lipinski definition) is 2. The van der Waals surface area contributed by atoms with Gasteiger partial charge < -0.3 is 9.64 Å². The number of piperidine rings is 1. The number of carbonyl (C=O) groups excluding carboxylic acids is 3. The lowest BCUT2D eigenvalue weighted by atomic mass is 9.97. The highest BCUT2D eigenvalue weighted by Gasteiger charge is 2.26. The third-order valence-corrected chi connectivity index (χ3v) is 6.68. The van der Waals surface area contributed by atoms with Gasteiger partial charge in [0.05, 0.1) is 11.6 Å². The number of aromatic nitrogens is 1. The summed E-state index contributed by atoms with van der Waals surface area (Å²) in [5, 5.41) is 2.52. The van der Waals surface area contributed by atoms with Crippen molar-refractivity contribution in [2.24, 2.45) is 0 Å². The average Bonchev–Trinajstić information content (AvgIpc) is 3.42. The van der Waals surface area contributed by atoms with Crippen molar-refractivity contribution in [2.75, 3.05) is 19.7 Å².